The lowest BCUT2D eigenvalue weighted by Crippen LogP contribution is -2.42. The highest BCUT2D eigenvalue weighted by Gasteiger charge is 2.15. The molecule has 1 heterocycles. The predicted molar refractivity (Wildman–Crippen MR) is 71.3 cm³/mol. The van der Waals surface area contributed by atoms with E-state index in [1.807, 2.05) is 12.3 Å². The second-order valence-electron chi connectivity index (χ2n) is 4.13. The summed E-state index contributed by atoms with van der Waals surface area (Å²) in [5, 5.41) is 5.84. The number of hydrogen-bond donors (Lipinski definition) is 1. The Bertz CT molecular complexity index is 364. The first kappa shape index (κ1) is 13.7. The highest BCUT2D eigenvalue weighted by atomic mass is 32.1. The first-order valence-corrected chi connectivity index (χ1v) is 6.46. The minimum Gasteiger partial charge on any atom is -0.332 e. The molecule has 0 aromatic carbocycles. The van der Waals surface area contributed by atoms with Crippen LogP contribution < -0.4 is 5.32 Å². The van der Waals surface area contributed by atoms with Gasteiger partial charge >= 0.3 is 6.03 Å². The van der Waals surface area contributed by atoms with Crippen LogP contribution in [0.15, 0.2) is 24.2 Å². The van der Waals surface area contributed by atoms with Crippen molar-refractivity contribution in [2.75, 3.05) is 13.6 Å². The smallest absolute Gasteiger partial charge is 0.317 e. The Labute approximate surface area is 106 Å². The van der Waals surface area contributed by atoms with Gasteiger partial charge in [0, 0.05) is 37.1 Å². The lowest BCUT2D eigenvalue weighted by Gasteiger charge is -2.22. The van der Waals surface area contributed by atoms with Crippen LogP contribution in [-0.4, -0.2) is 35.5 Å². The van der Waals surface area contributed by atoms with E-state index in [0.717, 1.165) is 5.01 Å². The molecule has 0 spiro atoms. The number of urea groups is 1. The molecule has 0 aliphatic rings. The predicted octanol–water partition coefficient (Wildman–Crippen LogP) is 2.46. The Hall–Kier alpha value is -1.36. The number of carbonyl (C=O) groups excluding carboxylic acids is 1. The minimum absolute atomic E-state index is 0.0138. The van der Waals surface area contributed by atoms with Gasteiger partial charge in [-0.25, -0.2) is 9.78 Å². The number of hydrogen-bond acceptors (Lipinski definition) is 3. The molecule has 0 saturated heterocycles. The van der Waals surface area contributed by atoms with Crippen molar-refractivity contribution >= 4 is 17.4 Å². The molecule has 5 heteroatoms. The maximum Gasteiger partial charge on any atom is 0.317 e. The monoisotopic (exact) mass is 253 g/mol. The van der Waals surface area contributed by atoms with Gasteiger partial charge in [-0.3, -0.25) is 0 Å². The lowest BCUT2D eigenvalue weighted by atomic mass is 10.2. The summed E-state index contributed by atoms with van der Waals surface area (Å²) in [6, 6.07) is -0.0964. The number of aromatic nitrogens is 1. The van der Waals surface area contributed by atoms with E-state index in [-0.39, 0.29) is 18.0 Å². The topological polar surface area (TPSA) is 45.2 Å². The molecule has 0 saturated carbocycles. The number of amides is 2. The Kier molecular flexibility index (Phi) is 5.15. The van der Waals surface area contributed by atoms with Crippen molar-refractivity contribution in [2.45, 2.75) is 25.8 Å². The normalized spacial score (nSPS) is 13.8. The molecule has 1 aromatic rings. The summed E-state index contributed by atoms with van der Waals surface area (Å²) < 4.78 is 0. The summed E-state index contributed by atoms with van der Waals surface area (Å²) in [5.41, 5.74) is 0. The van der Waals surface area contributed by atoms with E-state index >= 15 is 0 Å². The van der Waals surface area contributed by atoms with E-state index in [9.17, 15) is 4.79 Å². The number of carbonyl (C=O) groups is 1. The van der Waals surface area contributed by atoms with Gasteiger partial charge in [-0.1, -0.05) is 13.0 Å². The minimum atomic E-state index is -0.0826. The summed E-state index contributed by atoms with van der Waals surface area (Å²) in [6.07, 6.45) is 3.49. The number of likely N-dealkylation sites (N-methyl/N-ethyl adjacent to an activating group) is 1. The first-order valence-electron chi connectivity index (χ1n) is 5.58. The van der Waals surface area contributed by atoms with Gasteiger partial charge in [0.25, 0.3) is 0 Å². The van der Waals surface area contributed by atoms with Gasteiger partial charge < -0.3 is 10.2 Å². The molecular weight excluding hydrogens is 234 g/mol. The molecule has 94 valence electrons. The van der Waals surface area contributed by atoms with Crippen molar-refractivity contribution in [3.63, 3.8) is 0 Å². The fourth-order valence-corrected chi connectivity index (χ4v) is 2.10. The molecule has 0 unspecified atom stereocenters. The molecule has 0 bridgehead atoms. The van der Waals surface area contributed by atoms with Crippen molar-refractivity contribution in [3.8, 4) is 0 Å². The molecule has 17 heavy (non-hydrogen) atoms. The van der Waals surface area contributed by atoms with Gasteiger partial charge in [0.15, 0.2) is 0 Å². The van der Waals surface area contributed by atoms with Gasteiger partial charge in [-0.05, 0) is 6.92 Å². The Morgan fingerprint density at radius 2 is 2.41 bits per heavy atom. The van der Waals surface area contributed by atoms with Crippen molar-refractivity contribution in [2.24, 2.45) is 0 Å². The SMILES string of the molecule is C=C[C@@H](C)NC(=O)N(C)C[C@@H](C)c1nccs1. The molecule has 0 aliphatic carbocycles. The summed E-state index contributed by atoms with van der Waals surface area (Å²) in [6.45, 7) is 8.25. The van der Waals surface area contributed by atoms with E-state index in [0.29, 0.717) is 6.54 Å². The number of nitrogens with zero attached hydrogens (tertiary/aromatic N) is 2. The van der Waals surface area contributed by atoms with Crippen LogP contribution in [0.3, 0.4) is 0 Å². The molecule has 4 nitrogen and oxygen atoms in total. The fourth-order valence-electron chi connectivity index (χ4n) is 1.41. The van der Waals surface area contributed by atoms with Crippen molar-refractivity contribution in [1.29, 1.82) is 0 Å². The summed E-state index contributed by atoms with van der Waals surface area (Å²) >= 11 is 1.62. The van der Waals surface area contributed by atoms with Gasteiger partial charge in [0.2, 0.25) is 0 Å². The third kappa shape index (κ3) is 4.19. The summed E-state index contributed by atoms with van der Waals surface area (Å²) in [4.78, 5) is 17.7. The van der Waals surface area contributed by atoms with Gasteiger partial charge in [0.05, 0.1) is 5.01 Å². The number of nitrogens with one attached hydrogen (secondary N) is 1. The van der Waals surface area contributed by atoms with Crippen molar-refractivity contribution < 1.29 is 4.79 Å². The van der Waals surface area contributed by atoms with E-state index in [4.69, 9.17) is 0 Å². The van der Waals surface area contributed by atoms with E-state index in [2.05, 4.69) is 23.8 Å². The van der Waals surface area contributed by atoms with Crippen LogP contribution in [0.5, 0.6) is 0 Å². The van der Waals surface area contributed by atoms with Crippen LogP contribution in [0, 0.1) is 0 Å². The highest BCUT2D eigenvalue weighted by molar-refractivity contribution is 7.09. The Balaban J connectivity index is 2.45. The lowest BCUT2D eigenvalue weighted by molar-refractivity contribution is 0.205. The van der Waals surface area contributed by atoms with E-state index in [1.54, 1.807) is 35.6 Å². The quantitative estimate of drug-likeness (QED) is 0.819. The number of thiazole rings is 1. The molecule has 1 aromatic heterocycles. The average Bonchev–Trinajstić information content (AvgIpc) is 2.82. The third-order valence-electron chi connectivity index (χ3n) is 2.47. The Morgan fingerprint density at radius 3 is 2.94 bits per heavy atom. The molecule has 1 N–H and O–H groups in total. The highest BCUT2D eigenvalue weighted by Crippen LogP contribution is 2.18. The molecule has 2 amide bonds. The van der Waals surface area contributed by atoms with Crippen LogP contribution in [0.2, 0.25) is 0 Å². The standard InChI is InChI=1S/C12H19N3OS/c1-5-10(3)14-12(16)15(4)8-9(2)11-13-6-7-17-11/h5-7,9-10H,1,8H2,2-4H3,(H,14,16)/t9-,10-/m1/s1. The van der Waals surface area contributed by atoms with Gasteiger partial charge in [-0.15, -0.1) is 17.9 Å². The van der Waals surface area contributed by atoms with Gasteiger partial charge in [-0.2, -0.15) is 0 Å². The molecule has 0 aliphatic heterocycles. The second-order valence-corrected chi connectivity index (χ2v) is 5.05. The molecule has 2 atom stereocenters. The van der Waals surface area contributed by atoms with Crippen LogP contribution >= 0.6 is 11.3 Å². The maximum absolute atomic E-state index is 11.8. The second kappa shape index (κ2) is 6.39. The molecule has 1 rings (SSSR count). The average molecular weight is 253 g/mol. The Morgan fingerprint density at radius 1 is 1.71 bits per heavy atom. The number of rotatable bonds is 5. The largest absolute Gasteiger partial charge is 0.332 e. The van der Waals surface area contributed by atoms with Gasteiger partial charge in [0.1, 0.15) is 0 Å². The molecular formula is C12H19N3OS. The zero-order chi connectivity index (χ0) is 12.8. The maximum atomic E-state index is 11.8. The molecule has 0 radical (unpaired) electrons. The first-order chi connectivity index (χ1) is 8.04. The van der Waals surface area contributed by atoms with Crippen LogP contribution in [0.1, 0.15) is 24.8 Å². The summed E-state index contributed by atoms with van der Waals surface area (Å²) in [5.74, 6) is 0.254. The van der Waals surface area contributed by atoms with E-state index in [1.165, 1.54) is 0 Å². The van der Waals surface area contributed by atoms with Crippen LogP contribution in [-0.2, 0) is 0 Å². The van der Waals surface area contributed by atoms with Crippen molar-refractivity contribution in [1.82, 2.24) is 15.2 Å². The van der Waals surface area contributed by atoms with Crippen molar-refractivity contribution in [3.05, 3.63) is 29.2 Å². The molecule has 0 fully saturated rings. The van der Waals surface area contributed by atoms with Crippen LogP contribution in [0.4, 0.5) is 4.79 Å². The third-order valence-corrected chi connectivity index (χ3v) is 3.48. The zero-order valence-electron chi connectivity index (χ0n) is 10.5. The van der Waals surface area contributed by atoms with Crippen LogP contribution in [0.25, 0.3) is 0 Å². The zero-order valence-corrected chi connectivity index (χ0v) is 11.3. The van der Waals surface area contributed by atoms with E-state index < -0.39 is 0 Å². The summed E-state index contributed by atoms with van der Waals surface area (Å²) in [7, 11) is 1.79. The fraction of sp³-hybridized carbons (Fsp3) is 0.500.